The van der Waals surface area contributed by atoms with E-state index in [2.05, 4.69) is 22.9 Å². The predicted molar refractivity (Wildman–Crippen MR) is 144 cm³/mol. The molecule has 1 aromatic carbocycles. The first-order valence-electron chi connectivity index (χ1n) is 14.0. The highest BCUT2D eigenvalue weighted by atomic mass is 16.5. The number of hydrogen-bond acceptors (Lipinski definition) is 7. The number of oxazole rings is 1. The molecule has 2 aliphatic rings. The van der Waals surface area contributed by atoms with E-state index in [-0.39, 0.29) is 24.4 Å². The fraction of sp³-hybridized carbons (Fsp3) is 0.621. The Morgan fingerprint density at radius 2 is 2.05 bits per heavy atom. The van der Waals surface area contributed by atoms with Crippen LogP contribution in [0.5, 0.6) is 5.75 Å². The van der Waals surface area contributed by atoms with Crippen LogP contribution in [0.4, 0.5) is 0 Å². The van der Waals surface area contributed by atoms with Crippen molar-refractivity contribution >= 4 is 11.9 Å². The highest BCUT2D eigenvalue weighted by Gasteiger charge is 2.47. The van der Waals surface area contributed by atoms with Crippen LogP contribution in [0.1, 0.15) is 67.7 Å². The molecule has 0 bridgehead atoms. The van der Waals surface area contributed by atoms with Gasteiger partial charge in [0.15, 0.2) is 5.89 Å². The number of carboxylic acid groups (broad SMARTS) is 1. The maximum atomic E-state index is 13.6. The Morgan fingerprint density at radius 1 is 1.24 bits per heavy atom. The van der Waals surface area contributed by atoms with Crippen molar-refractivity contribution in [2.24, 2.45) is 11.7 Å². The third-order valence-corrected chi connectivity index (χ3v) is 7.85. The SMILES string of the molecule is CCCCN(CCCCN)C(=O)CN1CC(c2ccc3c(c2)CCO3)C(C(=O)O)C1CCc1ncc(C)o1. The number of aromatic nitrogens is 1. The van der Waals surface area contributed by atoms with Crippen LogP contribution in [-0.4, -0.2) is 77.1 Å². The van der Waals surface area contributed by atoms with Gasteiger partial charge in [0, 0.05) is 44.4 Å². The lowest BCUT2D eigenvalue weighted by molar-refractivity contribution is -0.143. The third-order valence-electron chi connectivity index (χ3n) is 7.85. The summed E-state index contributed by atoms with van der Waals surface area (Å²) >= 11 is 0. The molecule has 1 amide bonds. The summed E-state index contributed by atoms with van der Waals surface area (Å²) in [4.78, 5) is 34.6. The highest BCUT2D eigenvalue weighted by molar-refractivity contribution is 5.79. The smallest absolute Gasteiger partial charge is 0.308 e. The monoisotopic (exact) mass is 526 g/mol. The van der Waals surface area contributed by atoms with Gasteiger partial charge in [-0.05, 0) is 56.3 Å². The Hall–Kier alpha value is -2.91. The van der Waals surface area contributed by atoms with Crippen molar-refractivity contribution < 1.29 is 23.8 Å². The van der Waals surface area contributed by atoms with E-state index < -0.39 is 11.9 Å². The summed E-state index contributed by atoms with van der Waals surface area (Å²) in [6, 6.07) is 5.74. The summed E-state index contributed by atoms with van der Waals surface area (Å²) in [5.41, 5.74) is 7.81. The molecule has 208 valence electrons. The van der Waals surface area contributed by atoms with Crippen LogP contribution in [-0.2, 0) is 22.4 Å². The van der Waals surface area contributed by atoms with E-state index in [1.807, 2.05) is 24.0 Å². The van der Waals surface area contributed by atoms with E-state index in [9.17, 15) is 14.7 Å². The number of benzene rings is 1. The van der Waals surface area contributed by atoms with Gasteiger partial charge in [0.05, 0.1) is 25.3 Å². The number of aliphatic carboxylic acids is 1. The minimum atomic E-state index is -0.832. The Bertz CT molecular complexity index is 1090. The second kappa shape index (κ2) is 13.2. The van der Waals surface area contributed by atoms with Crippen LogP contribution in [0, 0.1) is 12.8 Å². The summed E-state index contributed by atoms with van der Waals surface area (Å²) in [6.45, 7) is 7.34. The van der Waals surface area contributed by atoms with Gasteiger partial charge in [-0.1, -0.05) is 25.5 Å². The molecule has 9 heteroatoms. The largest absolute Gasteiger partial charge is 0.493 e. The van der Waals surface area contributed by atoms with E-state index in [0.717, 1.165) is 54.7 Å². The van der Waals surface area contributed by atoms with Crippen molar-refractivity contribution in [3.8, 4) is 5.75 Å². The molecule has 3 atom stereocenters. The fourth-order valence-electron chi connectivity index (χ4n) is 5.85. The van der Waals surface area contributed by atoms with Crippen molar-refractivity contribution in [2.45, 2.75) is 70.8 Å². The van der Waals surface area contributed by atoms with Gasteiger partial charge in [-0.2, -0.15) is 0 Å². The lowest BCUT2D eigenvalue weighted by atomic mass is 9.83. The van der Waals surface area contributed by atoms with Crippen molar-refractivity contribution in [1.29, 1.82) is 0 Å². The number of hydrogen-bond donors (Lipinski definition) is 2. The topological polar surface area (TPSA) is 122 Å². The number of unbranched alkanes of at least 4 members (excludes halogenated alkanes) is 2. The molecule has 3 N–H and O–H groups in total. The molecule has 0 spiro atoms. The van der Waals surface area contributed by atoms with E-state index in [0.29, 0.717) is 51.5 Å². The molecular formula is C29H42N4O5. The number of carbonyl (C=O) groups excluding carboxylic acids is 1. The Labute approximate surface area is 225 Å². The van der Waals surface area contributed by atoms with Crippen LogP contribution in [0.25, 0.3) is 0 Å². The number of carbonyl (C=O) groups is 2. The van der Waals surface area contributed by atoms with Gasteiger partial charge in [0.25, 0.3) is 0 Å². The summed E-state index contributed by atoms with van der Waals surface area (Å²) in [7, 11) is 0. The number of nitrogens with two attached hydrogens (primary N) is 1. The lowest BCUT2D eigenvalue weighted by Gasteiger charge is -2.29. The number of nitrogens with zero attached hydrogens (tertiary/aromatic N) is 3. The van der Waals surface area contributed by atoms with Crippen molar-refractivity contribution in [3.05, 3.63) is 47.2 Å². The van der Waals surface area contributed by atoms with Crippen molar-refractivity contribution in [2.75, 3.05) is 39.3 Å². The summed E-state index contributed by atoms with van der Waals surface area (Å²) < 4.78 is 11.3. The van der Waals surface area contributed by atoms with Crippen LogP contribution in [0.3, 0.4) is 0 Å². The summed E-state index contributed by atoms with van der Waals surface area (Å²) in [5.74, 6) is 0.577. The zero-order valence-electron chi connectivity index (χ0n) is 22.7. The second-order valence-corrected chi connectivity index (χ2v) is 10.6. The minimum Gasteiger partial charge on any atom is -0.493 e. The maximum Gasteiger partial charge on any atom is 0.308 e. The predicted octanol–water partition coefficient (Wildman–Crippen LogP) is 3.39. The normalized spacial score (nSPS) is 20.9. The van der Waals surface area contributed by atoms with Gasteiger partial charge in [-0.15, -0.1) is 0 Å². The standard InChI is InChI=1S/C29H42N4O5/c1-3-4-13-32(14-6-5-12-30)27(34)19-33-18-23(21-7-9-25-22(16-21)11-15-37-25)28(29(35)36)24(33)8-10-26-31-17-20(2)38-26/h7,9,16-17,23-24,28H,3-6,8,10-15,18-19,30H2,1-2H3,(H,35,36). The Kier molecular flexibility index (Phi) is 9.80. The number of carboxylic acids is 1. The van der Waals surface area contributed by atoms with E-state index in [1.54, 1.807) is 6.20 Å². The number of likely N-dealkylation sites (tertiary alicyclic amines) is 1. The molecule has 1 fully saturated rings. The zero-order valence-corrected chi connectivity index (χ0v) is 22.7. The Balaban J connectivity index is 1.57. The minimum absolute atomic E-state index is 0.0552. The van der Waals surface area contributed by atoms with Gasteiger partial charge < -0.3 is 24.9 Å². The lowest BCUT2D eigenvalue weighted by Crippen LogP contribution is -2.45. The molecule has 3 unspecified atom stereocenters. The van der Waals surface area contributed by atoms with E-state index in [4.69, 9.17) is 14.9 Å². The quantitative estimate of drug-likeness (QED) is 0.359. The van der Waals surface area contributed by atoms with Gasteiger partial charge in [0.1, 0.15) is 11.5 Å². The molecule has 2 aliphatic heterocycles. The molecule has 0 radical (unpaired) electrons. The average molecular weight is 527 g/mol. The summed E-state index contributed by atoms with van der Waals surface area (Å²) in [6.07, 6.45) is 7.29. The van der Waals surface area contributed by atoms with Gasteiger partial charge in [0.2, 0.25) is 5.91 Å². The van der Waals surface area contributed by atoms with Gasteiger partial charge in [-0.25, -0.2) is 4.98 Å². The molecule has 1 aromatic heterocycles. The van der Waals surface area contributed by atoms with Gasteiger partial charge >= 0.3 is 5.97 Å². The molecule has 4 rings (SSSR count). The number of fused-ring (bicyclic) bond motifs is 1. The number of ether oxygens (including phenoxy) is 1. The molecule has 3 heterocycles. The molecule has 0 saturated carbocycles. The first kappa shape index (κ1) is 28.1. The molecule has 38 heavy (non-hydrogen) atoms. The van der Waals surface area contributed by atoms with E-state index >= 15 is 0 Å². The number of rotatable bonds is 14. The molecule has 1 saturated heterocycles. The van der Waals surface area contributed by atoms with Crippen molar-refractivity contribution in [3.63, 3.8) is 0 Å². The first-order chi connectivity index (χ1) is 18.4. The van der Waals surface area contributed by atoms with Crippen LogP contribution >= 0.6 is 0 Å². The summed E-state index contributed by atoms with van der Waals surface area (Å²) in [5, 5.41) is 10.4. The van der Waals surface area contributed by atoms with Crippen LogP contribution in [0.15, 0.2) is 28.8 Å². The maximum absolute atomic E-state index is 13.6. The van der Waals surface area contributed by atoms with Crippen LogP contribution in [0.2, 0.25) is 0 Å². The fourth-order valence-corrected chi connectivity index (χ4v) is 5.85. The molecule has 2 aromatic rings. The highest BCUT2D eigenvalue weighted by Crippen LogP contribution is 2.41. The second-order valence-electron chi connectivity index (χ2n) is 10.6. The number of aryl methyl sites for hydroxylation is 2. The molecule has 9 nitrogen and oxygen atoms in total. The molecular weight excluding hydrogens is 484 g/mol. The van der Waals surface area contributed by atoms with Crippen molar-refractivity contribution in [1.82, 2.24) is 14.8 Å². The number of amides is 1. The third kappa shape index (κ3) is 6.74. The Morgan fingerprint density at radius 3 is 2.76 bits per heavy atom. The first-order valence-corrected chi connectivity index (χ1v) is 14.0. The van der Waals surface area contributed by atoms with Gasteiger partial charge in [-0.3, -0.25) is 14.5 Å². The average Bonchev–Trinajstić information content (AvgIpc) is 3.62. The van der Waals surface area contributed by atoms with E-state index in [1.165, 1.54) is 0 Å². The molecule has 0 aliphatic carbocycles. The zero-order chi connectivity index (χ0) is 27.1. The van der Waals surface area contributed by atoms with Crippen LogP contribution < -0.4 is 10.5 Å².